The van der Waals surface area contributed by atoms with E-state index in [-0.39, 0.29) is 5.41 Å². The highest BCUT2D eigenvalue weighted by atomic mass is 79.9. The lowest BCUT2D eigenvalue weighted by molar-refractivity contribution is 0.474. The first-order chi connectivity index (χ1) is 9.96. The van der Waals surface area contributed by atoms with Crippen LogP contribution in [0.1, 0.15) is 38.3 Å². The predicted molar refractivity (Wildman–Crippen MR) is 93.5 cm³/mol. The predicted octanol–water partition coefficient (Wildman–Crippen LogP) is 6.67. The number of alkyl halides is 1. The van der Waals surface area contributed by atoms with E-state index in [1.165, 1.54) is 5.56 Å². The molecule has 2 aromatic rings. The first-order valence-electron chi connectivity index (χ1n) is 7.09. The molecule has 0 saturated heterocycles. The number of benzene rings is 2. The van der Waals surface area contributed by atoms with E-state index >= 15 is 0 Å². The van der Waals surface area contributed by atoms with E-state index in [9.17, 15) is 0 Å². The van der Waals surface area contributed by atoms with Crippen LogP contribution in [0.15, 0.2) is 46.9 Å². The van der Waals surface area contributed by atoms with Gasteiger partial charge in [-0.3, -0.25) is 0 Å². The summed E-state index contributed by atoms with van der Waals surface area (Å²) in [5.41, 5.74) is 2.49. The van der Waals surface area contributed by atoms with E-state index < -0.39 is 0 Å². The van der Waals surface area contributed by atoms with Crippen molar-refractivity contribution in [3.05, 3.63) is 58.1 Å². The third kappa shape index (κ3) is 4.02. The van der Waals surface area contributed by atoms with Crippen molar-refractivity contribution in [2.75, 3.05) is 0 Å². The zero-order valence-corrected chi connectivity index (χ0v) is 15.0. The van der Waals surface area contributed by atoms with Crippen LogP contribution in [0.4, 0.5) is 0 Å². The number of halogens is 2. The Hall–Kier alpha value is -0.990. The average Bonchev–Trinajstić information content (AvgIpc) is 2.49. The van der Waals surface area contributed by atoms with Crippen LogP contribution in [0.5, 0.6) is 11.5 Å². The normalized spacial score (nSPS) is 11.5. The number of hydrogen-bond acceptors (Lipinski definition) is 1. The van der Waals surface area contributed by atoms with Gasteiger partial charge in [0.1, 0.15) is 11.5 Å². The van der Waals surface area contributed by atoms with Gasteiger partial charge in [0.25, 0.3) is 0 Å². The summed E-state index contributed by atoms with van der Waals surface area (Å²) >= 11 is 9.42. The molecule has 112 valence electrons. The molecule has 0 fully saturated rings. The van der Waals surface area contributed by atoms with Crippen molar-refractivity contribution in [2.24, 2.45) is 0 Å². The van der Waals surface area contributed by atoms with Gasteiger partial charge >= 0.3 is 0 Å². The van der Waals surface area contributed by atoms with Gasteiger partial charge in [-0.2, -0.15) is 0 Å². The minimum atomic E-state index is 0.192. The summed E-state index contributed by atoms with van der Waals surface area (Å²) < 4.78 is 6.96. The van der Waals surface area contributed by atoms with E-state index in [1.807, 2.05) is 30.3 Å². The van der Waals surface area contributed by atoms with Gasteiger partial charge < -0.3 is 4.74 Å². The van der Waals surface area contributed by atoms with Gasteiger partial charge in [0.2, 0.25) is 0 Å². The summed E-state index contributed by atoms with van der Waals surface area (Å²) in [5, 5.41) is 0. The van der Waals surface area contributed by atoms with Gasteiger partial charge in [-0.1, -0.05) is 48.8 Å². The molecule has 0 aromatic heterocycles. The van der Waals surface area contributed by atoms with Crippen molar-refractivity contribution >= 4 is 27.5 Å². The Balaban J connectivity index is 2.21. The molecule has 2 aromatic carbocycles. The summed E-state index contributed by atoms with van der Waals surface area (Å²) in [7, 11) is 0. The maximum absolute atomic E-state index is 5.97. The lowest BCUT2D eigenvalue weighted by Crippen LogP contribution is -2.14. The first-order valence-corrected chi connectivity index (χ1v) is 8.42. The second kappa shape index (κ2) is 6.85. The second-order valence-electron chi connectivity index (χ2n) is 5.75. The molecule has 1 nitrogen and oxygen atoms in total. The molecule has 0 N–H and O–H groups in total. The molecule has 0 heterocycles. The summed E-state index contributed by atoms with van der Waals surface area (Å²) in [4.78, 5) is 0. The SMILES string of the molecule is CCC(C)(C)c1ccc(Oc2ccc(Br)cc2CCl)cc1. The molecule has 3 heteroatoms. The van der Waals surface area contributed by atoms with Crippen LogP contribution < -0.4 is 4.74 Å². The Morgan fingerprint density at radius 1 is 1.10 bits per heavy atom. The number of hydrogen-bond donors (Lipinski definition) is 0. The minimum absolute atomic E-state index is 0.192. The third-order valence-corrected chi connectivity index (χ3v) is 4.70. The minimum Gasteiger partial charge on any atom is -0.457 e. The Morgan fingerprint density at radius 2 is 1.76 bits per heavy atom. The molecule has 0 amide bonds. The van der Waals surface area contributed by atoms with Crippen molar-refractivity contribution < 1.29 is 4.74 Å². The van der Waals surface area contributed by atoms with Crippen molar-refractivity contribution in [3.63, 3.8) is 0 Å². The van der Waals surface area contributed by atoms with Crippen LogP contribution >= 0.6 is 27.5 Å². The quantitative estimate of drug-likeness (QED) is 0.536. The van der Waals surface area contributed by atoms with Crippen molar-refractivity contribution in [1.82, 2.24) is 0 Å². The molecule has 2 rings (SSSR count). The third-order valence-electron chi connectivity index (χ3n) is 3.91. The van der Waals surface area contributed by atoms with Crippen LogP contribution in [0.2, 0.25) is 0 Å². The molecular weight excluding hydrogens is 348 g/mol. The Kier molecular flexibility index (Phi) is 5.34. The van der Waals surface area contributed by atoms with Gasteiger partial charge in [-0.15, -0.1) is 11.6 Å². The fraction of sp³-hybridized carbons (Fsp3) is 0.333. The molecule has 0 aliphatic rings. The molecule has 0 atom stereocenters. The Bertz CT molecular complexity index is 605. The maximum atomic E-state index is 5.97. The highest BCUT2D eigenvalue weighted by molar-refractivity contribution is 9.10. The second-order valence-corrected chi connectivity index (χ2v) is 6.93. The van der Waals surface area contributed by atoms with E-state index in [1.54, 1.807) is 0 Å². The molecule has 0 aliphatic carbocycles. The van der Waals surface area contributed by atoms with Gasteiger partial charge in [-0.25, -0.2) is 0 Å². The van der Waals surface area contributed by atoms with Gasteiger partial charge in [0.05, 0.1) is 5.88 Å². The summed E-state index contributed by atoms with van der Waals surface area (Å²) in [5.74, 6) is 2.06. The Labute approximate surface area is 140 Å². The molecule has 0 saturated carbocycles. The average molecular weight is 368 g/mol. The summed E-state index contributed by atoms with van der Waals surface area (Å²) in [6, 6.07) is 14.2. The fourth-order valence-electron chi connectivity index (χ4n) is 2.06. The van der Waals surface area contributed by atoms with Crippen molar-refractivity contribution in [1.29, 1.82) is 0 Å². The molecule has 0 spiro atoms. The van der Waals surface area contributed by atoms with Gasteiger partial charge in [-0.05, 0) is 47.7 Å². The summed E-state index contributed by atoms with van der Waals surface area (Å²) in [6.45, 7) is 6.71. The van der Waals surface area contributed by atoms with Crippen LogP contribution in [-0.4, -0.2) is 0 Å². The first kappa shape index (κ1) is 16.4. The molecule has 0 aliphatic heterocycles. The number of ether oxygens (including phenoxy) is 1. The molecule has 0 bridgehead atoms. The molecule has 0 unspecified atom stereocenters. The lowest BCUT2D eigenvalue weighted by Gasteiger charge is -2.23. The maximum Gasteiger partial charge on any atom is 0.131 e. The zero-order chi connectivity index (χ0) is 15.5. The highest BCUT2D eigenvalue weighted by Crippen LogP contribution is 2.32. The van der Waals surface area contributed by atoms with Gasteiger partial charge in [0.15, 0.2) is 0 Å². The van der Waals surface area contributed by atoms with E-state index in [2.05, 4.69) is 48.8 Å². The van der Waals surface area contributed by atoms with E-state index in [4.69, 9.17) is 16.3 Å². The monoisotopic (exact) mass is 366 g/mol. The smallest absolute Gasteiger partial charge is 0.131 e. The lowest BCUT2D eigenvalue weighted by atomic mass is 9.82. The van der Waals surface area contributed by atoms with Crippen LogP contribution in [-0.2, 0) is 11.3 Å². The van der Waals surface area contributed by atoms with E-state index in [0.29, 0.717) is 5.88 Å². The van der Waals surface area contributed by atoms with Crippen molar-refractivity contribution in [3.8, 4) is 11.5 Å². The van der Waals surface area contributed by atoms with E-state index in [0.717, 1.165) is 28.0 Å². The zero-order valence-electron chi connectivity index (χ0n) is 12.6. The number of rotatable bonds is 5. The topological polar surface area (TPSA) is 9.23 Å². The summed E-state index contributed by atoms with van der Waals surface area (Å²) in [6.07, 6.45) is 1.11. The standard InChI is InChI=1S/C18H20BrClO/c1-4-18(2,3)14-5-8-16(9-6-14)21-17-10-7-15(19)11-13(17)12-20/h5-11H,4,12H2,1-3H3. The Morgan fingerprint density at radius 3 is 2.33 bits per heavy atom. The van der Waals surface area contributed by atoms with Gasteiger partial charge in [0, 0.05) is 10.0 Å². The van der Waals surface area contributed by atoms with Crippen molar-refractivity contribution in [2.45, 2.75) is 38.5 Å². The van der Waals surface area contributed by atoms with Crippen LogP contribution in [0, 0.1) is 0 Å². The molecule has 21 heavy (non-hydrogen) atoms. The van der Waals surface area contributed by atoms with Crippen LogP contribution in [0.25, 0.3) is 0 Å². The molecular formula is C18H20BrClO. The fourth-order valence-corrected chi connectivity index (χ4v) is 2.67. The van der Waals surface area contributed by atoms with Crippen LogP contribution in [0.3, 0.4) is 0 Å². The largest absolute Gasteiger partial charge is 0.457 e. The highest BCUT2D eigenvalue weighted by Gasteiger charge is 2.17. The molecule has 0 radical (unpaired) electrons.